The minimum Gasteiger partial charge on any atom is -0.492 e. The average Bonchev–Trinajstić information content (AvgIpc) is 2.66. The van der Waals surface area contributed by atoms with Crippen LogP contribution in [0.2, 0.25) is 0 Å². The lowest BCUT2D eigenvalue weighted by Gasteiger charge is -2.24. The number of benzene rings is 2. The van der Waals surface area contributed by atoms with E-state index in [1.54, 1.807) is 11.9 Å². The second kappa shape index (κ2) is 9.00. The van der Waals surface area contributed by atoms with E-state index < -0.39 is 14.9 Å². The number of rotatable bonds is 9. The molecule has 10 heteroatoms. The molecule has 2 rings (SSSR count). The van der Waals surface area contributed by atoms with Crippen molar-refractivity contribution < 1.29 is 22.9 Å². The summed E-state index contributed by atoms with van der Waals surface area (Å²) in [5.74, 6) is 0.712. The van der Waals surface area contributed by atoms with Gasteiger partial charge >= 0.3 is 0 Å². The molecule has 152 valence electrons. The highest BCUT2D eigenvalue weighted by Gasteiger charge is 2.28. The number of ether oxygens (including phenoxy) is 1. The third-order valence-corrected chi connectivity index (χ3v) is 5.83. The number of likely N-dealkylation sites (N-methyl/N-ethyl adjacent to an activating group) is 1. The molecule has 0 spiro atoms. The lowest BCUT2D eigenvalue weighted by molar-refractivity contribution is -0.385. The highest BCUT2D eigenvalue weighted by molar-refractivity contribution is 7.89. The van der Waals surface area contributed by atoms with Gasteiger partial charge in [-0.05, 0) is 30.7 Å². The number of nitro benzene ring substituents is 1. The van der Waals surface area contributed by atoms with Gasteiger partial charge in [0.1, 0.15) is 17.3 Å². The fraction of sp³-hybridized carbons (Fsp3) is 0.333. The zero-order chi connectivity index (χ0) is 20.9. The summed E-state index contributed by atoms with van der Waals surface area (Å²) in [7, 11) is 0.0311. The van der Waals surface area contributed by atoms with Gasteiger partial charge < -0.3 is 9.64 Å². The lowest BCUT2D eigenvalue weighted by Crippen LogP contribution is -2.30. The first kappa shape index (κ1) is 21.6. The Hall–Kier alpha value is -2.69. The van der Waals surface area contributed by atoms with Gasteiger partial charge in [-0.15, -0.1) is 0 Å². The number of nitrogens with zero attached hydrogens (tertiary/aromatic N) is 3. The molecule has 0 aromatic heterocycles. The molecule has 0 bridgehead atoms. The Morgan fingerprint density at radius 3 is 2.46 bits per heavy atom. The van der Waals surface area contributed by atoms with Crippen molar-refractivity contribution in [3.8, 4) is 5.75 Å². The maximum atomic E-state index is 12.7. The summed E-state index contributed by atoms with van der Waals surface area (Å²) < 4.78 is 31.8. The molecular formula is C18H23N3O6S. The molecule has 0 amide bonds. The normalized spacial score (nSPS) is 11.5. The van der Waals surface area contributed by atoms with Crippen LogP contribution < -0.4 is 9.64 Å². The quantitative estimate of drug-likeness (QED) is 0.463. The number of hydrogen-bond acceptors (Lipinski definition) is 7. The zero-order valence-electron chi connectivity index (χ0n) is 16.2. The summed E-state index contributed by atoms with van der Waals surface area (Å²) in [6, 6.07) is 11.3. The van der Waals surface area contributed by atoms with Crippen LogP contribution in [0.5, 0.6) is 5.75 Å². The van der Waals surface area contributed by atoms with Crippen molar-refractivity contribution in [3.63, 3.8) is 0 Å². The van der Waals surface area contributed by atoms with Gasteiger partial charge in [0.15, 0.2) is 0 Å². The van der Waals surface area contributed by atoms with E-state index in [1.807, 2.05) is 31.2 Å². The standard InChI is InChI=1S/C18H23N3O6S/c1-14-6-5-7-16(12-14)27-11-10-19(2)17-9-8-15(21(22)23)13-18(17)28(24,25)20(3)26-4/h5-9,12-13H,10-11H2,1-4H3. The second-order valence-electron chi connectivity index (χ2n) is 6.09. The van der Waals surface area contributed by atoms with Crippen molar-refractivity contribution in [3.05, 3.63) is 58.1 Å². The molecule has 0 unspecified atom stereocenters. The van der Waals surface area contributed by atoms with Crippen LogP contribution >= 0.6 is 0 Å². The Bertz CT molecular complexity index is 948. The van der Waals surface area contributed by atoms with Crippen molar-refractivity contribution in [1.82, 2.24) is 4.47 Å². The largest absolute Gasteiger partial charge is 0.492 e. The van der Waals surface area contributed by atoms with Crippen LogP contribution in [0, 0.1) is 17.0 Å². The summed E-state index contributed by atoms with van der Waals surface area (Å²) in [6.07, 6.45) is 0. The SMILES string of the molecule is CON(C)S(=O)(=O)c1cc([N+](=O)[O-])ccc1N(C)CCOc1cccc(C)c1. The smallest absolute Gasteiger partial charge is 0.270 e. The van der Waals surface area contributed by atoms with Gasteiger partial charge in [-0.3, -0.25) is 15.0 Å². The first-order chi connectivity index (χ1) is 13.2. The third kappa shape index (κ3) is 4.97. The summed E-state index contributed by atoms with van der Waals surface area (Å²) in [4.78, 5) is 16.7. The molecule has 0 radical (unpaired) electrons. The van der Waals surface area contributed by atoms with Crippen LogP contribution in [-0.2, 0) is 14.9 Å². The minimum atomic E-state index is -4.08. The summed E-state index contributed by atoms with van der Waals surface area (Å²) >= 11 is 0. The Kier molecular flexibility index (Phi) is 6.95. The molecule has 2 aromatic carbocycles. The third-order valence-electron chi connectivity index (χ3n) is 4.12. The van der Waals surface area contributed by atoms with Gasteiger partial charge in [0.05, 0.1) is 24.3 Å². The second-order valence-corrected chi connectivity index (χ2v) is 8.00. The predicted molar refractivity (Wildman–Crippen MR) is 105 cm³/mol. The summed E-state index contributed by atoms with van der Waals surface area (Å²) in [6.45, 7) is 2.63. The van der Waals surface area contributed by atoms with Crippen LogP contribution in [0.15, 0.2) is 47.4 Å². The van der Waals surface area contributed by atoms with Crippen LogP contribution in [-0.4, -0.2) is 52.2 Å². The van der Waals surface area contributed by atoms with E-state index >= 15 is 0 Å². The molecule has 0 aliphatic rings. The molecule has 2 aromatic rings. The molecule has 0 fully saturated rings. The van der Waals surface area contributed by atoms with E-state index in [1.165, 1.54) is 26.3 Å². The van der Waals surface area contributed by atoms with E-state index in [4.69, 9.17) is 9.57 Å². The Morgan fingerprint density at radius 2 is 1.86 bits per heavy atom. The lowest BCUT2D eigenvalue weighted by atomic mass is 10.2. The molecule has 28 heavy (non-hydrogen) atoms. The van der Waals surface area contributed by atoms with Crippen LogP contribution in [0.1, 0.15) is 5.56 Å². The maximum absolute atomic E-state index is 12.7. The topological polar surface area (TPSA) is 102 Å². The number of non-ortho nitro benzene ring substituents is 1. The molecule has 0 saturated carbocycles. The molecule has 0 aliphatic heterocycles. The number of aryl methyl sites for hydroxylation is 1. The number of hydroxylamine groups is 1. The van der Waals surface area contributed by atoms with Crippen molar-refractivity contribution in [1.29, 1.82) is 0 Å². The van der Waals surface area contributed by atoms with Gasteiger partial charge in [-0.1, -0.05) is 16.6 Å². The Labute approximate surface area is 164 Å². The fourth-order valence-corrected chi connectivity index (χ4v) is 3.73. The molecule has 9 nitrogen and oxygen atoms in total. The van der Waals surface area contributed by atoms with Crippen LogP contribution in [0.3, 0.4) is 0 Å². The first-order valence-electron chi connectivity index (χ1n) is 8.39. The van der Waals surface area contributed by atoms with Crippen molar-refractivity contribution in [2.24, 2.45) is 0 Å². The van der Waals surface area contributed by atoms with Crippen molar-refractivity contribution in [2.75, 3.05) is 39.3 Å². The number of sulfonamides is 1. The van der Waals surface area contributed by atoms with Gasteiger partial charge in [-0.2, -0.15) is 0 Å². The minimum absolute atomic E-state index is 0.218. The number of anilines is 1. The van der Waals surface area contributed by atoms with E-state index in [9.17, 15) is 18.5 Å². The highest BCUT2D eigenvalue weighted by Crippen LogP contribution is 2.30. The van der Waals surface area contributed by atoms with Gasteiger partial charge in [0.25, 0.3) is 15.7 Å². The number of nitro groups is 1. The summed E-state index contributed by atoms with van der Waals surface area (Å²) in [5.41, 5.74) is 1.05. The monoisotopic (exact) mass is 409 g/mol. The maximum Gasteiger partial charge on any atom is 0.270 e. The Balaban J connectivity index is 2.26. The van der Waals surface area contributed by atoms with E-state index in [2.05, 4.69) is 0 Å². The van der Waals surface area contributed by atoms with Gasteiger partial charge in [0.2, 0.25) is 0 Å². The van der Waals surface area contributed by atoms with Crippen molar-refractivity contribution >= 4 is 21.4 Å². The molecular weight excluding hydrogens is 386 g/mol. The Morgan fingerprint density at radius 1 is 1.14 bits per heavy atom. The average molecular weight is 409 g/mol. The fourth-order valence-electron chi connectivity index (χ4n) is 2.50. The molecule has 0 N–H and O–H groups in total. The highest BCUT2D eigenvalue weighted by atomic mass is 32.2. The van der Waals surface area contributed by atoms with Crippen molar-refractivity contribution in [2.45, 2.75) is 11.8 Å². The number of hydrogen-bond donors (Lipinski definition) is 0. The van der Waals surface area contributed by atoms with E-state index in [0.717, 1.165) is 11.6 Å². The van der Waals surface area contributed by atoms with Crippen LogP contribution in [0.4, 0.5) is 11.4 Å². The van der Waals surface area contributed by atoms with Gasteiger partial charge in [-0.25, -0.2) is 8.42 Å². The molecule has 0 heterocycles. The molecule has 0 saturated heterocycles. The van der Waals surface area contributed by atoms with Gasteiger partial charge in [0, 0.05) is 26.2 Å². The predicted octanol–water partition coefficient (Wildman–Crippen LogP) is 2.60. The molecule has 0 aliphatic carbocycles. The van der Waals surface area contributed by atoms with Crippen LogP contribution in [0.25, 0.3) is 0 Å². The molecule has 0 atom stereocenters. The van der Waals surface area contributed by atoms with E-state index in [-0.39, 0.29) is 10.6 Å². The zero-order valence-corrected chi connectivity index (χ0v) is 17.0. The van der Waals surface area contributed by atoms with E-state index in [0.29, 0.717) is 29.1 Å². The first-order valence-corrected chi connectivity index (χ1v) is 9.83. The summed E-state index contributed by atoms with van der Waals surface area (Å²) in [5, 5.41) is 11.1.